The monoisotopic (exact) mass is 488 g/mol. The van der Waals surface area contributed by atoms with Crippen molar-refractivity contribution in [1.82, 2.24) is 4.98 Å². The van der Waals surface area contributed by atoms with Crippen molar-refractivity contribution in [3.05, 3.63) is 84.1 Å². The van der Waals surface area contributed by atoms with Crippen LogP contribution in [-0.2, 0) is 9.53 Å². The largest absolute Gasteiger partial charge is 0.495 e. The topological polar surface area (TPSA) is 116 Å². The third-order valence-corrected chi connectivity index (χ3v) is 5.36. The van der Waals surface area contributed by atoms with E-state index in [1.54, 1.807) is 30.5 Å². The molecule has 36 heavy (non-hydrogen) atoms. The molecule has 0 aliphatic carbocycles. The second kappa shape index (κ2) is 11.1. The molecule has 4 aromatic rings. The van der Waals surface area contributed by atoms with Crippen molar-refractivity contribution in [1.29, 1.82) is 0 Å². The number of esters is 1. The summed E-state index contributed by atoms with van der Waals surface area (Å²) in [4.78, 5) is 40.4. The fourth-order valence-electron chi connectivity index (χ4n) is 3.59. The van der Waals surface area contributed by atoms with Gasteiger partial charge in [0.25, 0.3) is 5.91 Å². The highest BCUT2D eigenvalue weighted by molar-refractivity contribution is 6.09. The normalized spacial score (nSPS) is 10.5. The quantitative estimate of drug-likeness (QED) is 0.253. The minimum Gasteiger partial charge on any atom is -0.495 e. The standard InChI is InChI=1S/C27H24N2O7/c1-33-23-10-6-5-9-21(23)29-26(31)16-35-24-12-11-17(13-25(24)34-2)27(32)36-15-22(30)19-14-28-20-8-4-3-7-18(19)20/h3-14,28H,15-16H2,1-2H3,(H,29,31). The summed E-state index contributed by atoms with van der Waals surface area (Å²) in [6, 6.07) is 18.8. The predicted octanol–water partition coefficient (Wildman–Crippen LogP) is 4.24. The number of rotatable bonds is 10. The summed E-state index contributed by atoms with van der Waals surface area (Å²) in [6.07, 6.45) is 1.60. The number of ketones is 1. The van der Waals surface area contributed by atoms with Gasteiger partial charge in [0.2, 0.25) is 5.78 Å². The van der Waals surface area contributed by atoms with E-state index in [9.17, 15) is 14.4 Å². The van der Waals surface area contributed by atoms with Gasteiger partial charge in [-0.1, -0.05) is 30.3 Å². The Morgan fingerprint density at radius 3 is 2.39 bits per heavy atom. The molecule has 2 N–H and O–H groups in total. The van der Waals surface area contributed by atoms with E-state index in [4.69, 9.17) is 18.9 Å². The van der Waals surface area contributed by atoms with E-state index in [2.05, 4.69) is 10.3 Å². The lowest BCUT2D eigenvalue weighted by Crippen LogP contribution is -2.20. The Morgan fingerprint density at radius 2 is 1.58 bits per heavy atom. The van der Waals surface area contributed by atoms with Gasteiger partial charge in [0.15, 0.2) is 24.7 Å². The van der Waals surface area contributed by atoms with Crippen molar-refractivity contribution >= 4 is 34.3 Å². The molecule has 0 saturated carbocycles. The van der Waals surface area contributed by atoms with E-state index < -0.39 is 18.5 Å². The molecular formula is C27H24N2O7. The van der Waals surface area contributed by atoms with Gasteiger partial charge in [0.1, 0.15) is 5.75 Å². The molecule has 0 saturated heterocycles. The van der Waals surface area contributed by atoms with Crippen LogP contribution in [0.4, 0.5) is 5.69 Å². The van der Waals surface area contributed by atoms with Crippen LogP contribution >= 0.6 is 0 Å². The van der Waals surface area contributed by atoms with Gasteiger partial charge in [-0.15, -0.1) is 0 Å². The summed E-state index contributed by atoms with van der Waals surface area (Å²) in [5, 5.41) is 3.47. The van der Waals surface area contributed by atoms with Crippen LogP contribution in [0.3, 0.4) is 0 Å². The first-order valence-electron chi connectivity index (χ1n) is 11.0. The van der Waals surface area contributed by atoms with E-state index in [-0.39, 0.29) is 29.5 Å². The number of para-hydroxylation sites is 3. The Balaban J connectivity index is 1.35. The van der Waals surface area contributed by atoms with Gasteiger partial charge < -0.3 is 29.2 Å². The molecule has 0 radical (unpaired) electrons. The molecule has 3 aromatic carbocycles. The minimum absolute atomic E-state index is 0.171. The van der Waals surface area contributed by atoms with Gasteiger partial charge in [-0.25, -0.2) is 4.79 Å². The average molecular weight is 488 g/mol. The number of ether oxygens (including phenoxy) is 4. The zero-order valence-corrected chi connectivity index (χ0v) is 19.7. The van der Waals surface area contributed by atoms with E-state index in [0.717, 1.165) is 10.9 Å². The van der Waals surface area contributed by atoms with E-state index in [1.165, 1.54) is 32.4 Å². The number of fused-ring (bicyclic) bond motifs is 1. The smallest absolute Gasteiger partial charge is 0.338 e. The van der Waals surface area contributed by atoms with Gasteiger partial charge in [0.05, 0.1) is 25.5 Å². The molecule has 0 aliphatic rings. The molecule has 0 bridgehead atoms. The molecule has 1 amide bonds. The maximum absolute atomic E-state index is 12.6. The number of hydrogen-bond donors (Lipinski definition) is 2. The number of methoxy groups -OCH3 is 2. The Morgan fingerprint density at radius 1 is 0.833 bits per heavy atom. The highest BCUT2D eigenvalue weighted by Crippen LogP contribution is 2.29. The second-order valence-corrected chi connectivity index (χ2v) is 7.65. The Hall–Kier alpha value is -4.79. The number of anilines is 1. The zero-order valence-electron chi connectivity index (χ0n) is 19.7. The van der Waals surface area contributed by atoms with Crippen LogP contribution in [0.25, 0.3) is 10.9 Å². The number of amides is 1. The molecule has 0 atom stereocenters. The highest BCUT2D eigenvalue weighted by Gasteiger charge is 2.17. The molecule has 184 valence electrons. The van der Waals surface area contributed by atoms with Crippen molar-refractivity contribution in [3.63, 3.8) is 0 Å². The average Bonchev–Trinajstić information content (AvgIpc) is 3.35. The van der Waals surface area contributed by atoms with Crippen molar-refractivity contribution < 1.29 is 33.3 Å². The number of H-pyrrole nitrogens is 1. The maximum atomic E-state index is 12.6. The van der Waals surface area contributed by atoms with E-state index >= 15 is 0 Å². The van der Waals surface area contributed by atoms with Crippen molar-refractivity contribution in [3.8, 4) is 17.2 Å². The lowest BCUT2D eigenvalue weighted by atomic mass is 10.1. The molecule has 0 unspecified atom stereocenters. The summed E-state index contributed by atoms with van der Waals surface area (Å²) in [7, 11) is 2.92. The third-order valence-electron chi connectivity index (χ3n) is 5.36. The SMILES string of the molecule is COc1ccccc1NC(=O)COc1ccc(C(=O)OCC(=O)c2c[nH]c3ccccc23)cc1OC. The third kappa shape index (κ3) is 5.47. The Bertz CT molecular complexity index is 1410. The number of hydrogen-bond acceptors (Lipinski definition) is 7. The van der Waals surface area contributed by atoms with Crippen molar-refractivity contribution in [2.75, 3.05) is 32.8 Å². The maximum Gasteiger partial charge on any atom is 0.338 e. The number of benzene rings is 3. The lowest BCUT2D eigenvalue weighted by molar-refractivity contribution is -0.118. The number of Topliss-reactive ketones (excluding diaryl/α,β-unsaturated/α-hetero) is 1. The van der Waals surface area contributed by atoms with Crippen LogP contribution in [-0.4, -0.2) is 50.1 Å². The Kier molecular flexibility index (Phi) is 7.50. The summed E-state index contributed by atoms with van der Waals surface area (Å²) >= 11 is 0. The summed E-state index contributed by atoms with van der Waals surface area (Å²) < 4.78 is 21.3. The second-order valence-electron chi connectivity index (χ2n) is 7.65. The first-order chi connectivity index (χ1) is 17.5. The fourth-order valence-corrected chi connectivity index (χ4v) is 3.59. The van der Waals surface area contributed by atoms with Crippen LogP contribution in [0.5, 0.6) is 17.2 Å². The molecule has 0 aliphatic heterocycles. The molecule has 4 rings (SSSR count). The minimum atomic E-state index is -0.693. The number of carbonyl (C=O) groups excluding carboxylic acids is 3. The molecule has 1 heterocycles. The highest BCUT2D eigenvalue weighted by atomic mass is 16.5. The molecule has 0 fully saturated rings. The van der Waals surface area contributed by atoms with Crippen LogP contribution in [0.2, 0.25) is 0 Å². The molecular weight excluding hydrogens is 464 g/mol. The van der Waals surface area contributed by atoms with Crippen molar-refractivity contribution in [2.24, 2.45) is 0 Å². The van der Waals surface area contributed by atoms with Gasteiger partial charge in [-0.3, -0.25) is 9.59 Å². The van der Waals surface area contributed by atoms with Crippen LogP contribution in [0, 0.1) is 0 Å². The van der Waals surface area contributed by atoms with Gasteiger partial charge in [0, 0.05) is 22.7 Å². The van der Waals surface area contributed by atoms with Gasteiger partial charge in [-0.05, 0) is 36.4 Å². The van der Waals surface area contributed by atoms with Gasteiger partial charge in [-0.2, -0.15) is 0 Å². The van der Waals surface area contributed by atoms with E-state index in [1.807, 2.05) is 24.3 Å². The van der Waals surface area contributed by atoms with Crippen molar-refractivity contribution in [2.45, 2.75) is 0 Å². The molecule has 1 aromatic heterocycles. The number of aromatic nitrogens is 1. The number of nitrogens with one attached hydrogen (secondary N) is 2. The first-order valence-corrected chi connectivity index (χ1v) is 11.0. The summed E-state index contributed by atoms with van der Waals surface area (Å²) in [5.74, 6) is -0.400. The number of carbonyl (C=O) groups is 3. The molecule has 9 nitrogen and oxygen atoms in total. The van der Waals surface area contributed by atoms with Gasteiger partial charge >= 0.3 is 5.97 Å². The number of aromatic amines is 1. The van der Waals surface area contributed by atoms with E-state index in [0.29, 0.717) is 17.0 Å². The zero-order chi connectivity index (χ0) is 25.5. The summed E-state index contributed by atoms with van der Waals surface area (Å²) in [5.41, 5.74) is 1.96. The van der Waals surface area contributed by atoms with Crippen LogP contribution in [0.15, 0.2) is 72.9 Å². The van der Waals surface area contributed by atoms with Crippen LogP contribution < -0.4 is 19.5 Å². The Labute approximate surface area is 206 Å². The lowest BCUT2D eigenvalue weighted by Gasteiger charge is -2.13. The molecule has 0 spiro atoms. The first kappa shape index (κ1) is 24.3. The fraction of sp³-hybridized carbons (Fsp3) is 0.148. The summed E-state index contributed by atoms with van der Waals surface area (Å²) in [6.45, 7) is -0.707. The molecule has 9 heteroatoms. The van der Waals surface area contributed by atoms with Crippen LogP contribution in [0.1, 0.15) is 20.7 Å². The predicted molar refractivity (Wildman–Crippen MR) is 133 cm³/mol.